The Labute approximate surface area is 71.4 Å². The van der Waals surface area contributed by atoms with Crippen LogP contribution >= 0.6 is 0 Å². The highest BCUT2D eigenvalue weighted by molar-refractivity contribution is 5.14. The van der Waals surface area contributed by atoms with E-state index in [-0.39, 0.29) is 5.56 Å². The molecule has 0 aromatic carbocycles. The summed E-state index contributed by atoms with van der Waals surface area (Å²) in [6, 6.07) is 0. The van der Waals surface area contributed by atoms with Gasteiger partial charge in [0.1, 0.15) is 0 Å². The number of hydrogen-bond acceptors (Lipinski definition) is 2. The Hall–Kier alpha value is -1.03. The maximum absolute atomic E-state index is 11.3. The van der Waals surface area contributed by atoms with Crippen LogP contribution in [0.1, 0.15) is 17.7 Å². The lowest BCUT2D eigenvalue weighted by atomic mass is 10.2. The van der Waals surface area contributed by atoms with Gasteiger partial charge in [-0.1, -0.05) is 0 Å². The number of aromatic nitrogens is 2. The monoisotopic (exact) mass is 169 g/mol. The standard InChI is InChI=1S/C8H15N3O/c1-6-7(4-3-5-9)10-11(2)8(6)12/h10H,3-5,9H2,1-2H3. The lowest BCUT2D eigenvalue weighted by molar-refractivity contribution is 0.706. The zero-order valence-corrected chi connectivity index (χ0v) is 7.55. The molecule has 0 fully saturated rings. The third kappa shape index (κ3) is 1.58. The molecule has 4 heteroatoms. The van der Waals surface area contributed by atoms with E-state index in [2.05, 4.69) is 5.10 Å². The van der Waals surface area contributed by atoms with Crippen LogP contribution in [0.5, 0.6) is 0 Å². The average molecular weight is 169 g/mol. The second-order valence-electron chi connectivity index (χ2n) is 2.97. The average Bonchev–Trinajstić information content (AvgIpc) is 2.30. The summed E-state index contributed by atoms with van der Waals surface area (Å²) in [5.74, 6) is 0. The summed E-state index contributed by atoms with van der Waals surface area (Å²) in [5, 5.41) is 3.00. The third-order valence-corrected chi connectivity index (χ3v) is 2.01. The lowest BCUT2D eigenvalue weighted by Gasteiger charge is -1.95. The van der Waals surface area contributed by atoms with Crippen LogP contribution in [0.15, 0.2) is 4.79 Å². The van der Waals surface area contributed by atoms with Crippen molar-refractivity contribution in [2.75, 3.05) is 6.54 Å². The van der Waals surface area contributed by atoms with Crippen LogP contribution in [0.25, 0.3) is 0 Å². The highest BCUT2D eigenvalue weighted by Gasteiger charge is 2.05. The molecule has 0 bridgehead atoms. The maximum atomic E-state index is 11.3. The minimum absolute atomic E-state index is 0.0574. The van der Waals surface area contributed by atoms with E-state index in [1.807, 2.05) is 6.92 Å². The zero-order chi connectivity index (χ0) is 9.14. The summed E-state index contributed by atoms with van der Waals surface area (Å²) in [5.41, 5.74) is 7.25. The molecule has 0 aliphatic rings. The molecule has 4 nitrogen and oxygen atoms in total. The molecule has 0 saturated carbocycles. The summed E-state index contributed by atoms with van der Waals surface area (Å²) in [6.45, 7) is 2.50. The van der Waals surface area contributed by atoms with Gasteiger partial charge in [-0.2, -0.15) is 0 Å². The van der Waals surface area contributed by atoms with Gasteiger partial charge in [-0.25, -0.2) is 0 Å². The number of nitrogens with one attached hydrogen (secondary N) is 1. The van der Waals surface area contributed by atoms with Crippen LogP contribution in [0.2, 0.25) is 0 Å². The van der Waals surface area contributed by atoms with E-state index in [1.165, 1.54) is 4.68 Å². The van der Waals surface area contributed by atoms with Gasteiger partial charge >= 0.3 is 0 Å². The van der Waals surface area contributed by atoms with Crippen LogP contribution in [0.4, 0.5) is 0 Å². The number of nitrogens with two attached hydrogens (primary N) is 1. The first-order chi connectivity index (χ1) is 5.66. The van der Waals surface area contributed by atoms with Crippen LogP contribution in [0.3, 0.4) is 0 Å². The predicted octanol–water partition coefficient (Wildman–Crippen LogP) is -0.0869. The van der Waals surface area contributed by atoms with Crippen molar-refractivity contribution in [1.82, 2.24) is 9.78 Å². The molecule has 0 radical (unpaired) electrons. The maximum Gasteiger partial charge on any atom is 0.269 e. The number of hydrogen-bond donors (Lipinski definition) is 2. The van der Waals surface area contributed by atoms with Crippen LogP contribution in [-0.2, 0) is 13.5 Å². The molecule has 0 saturated heterocycles. The topological polar surface area (TPSA) is 63.8 Å². The van der Waals surface area contributed by atoms with E-state index in [4.69, 9.17) is 5.73 Å². The summed E-state index contributed by atoms with van der Waals surface area (Å²) < 4.78 is 1.50. The minimum Gasteiger partial charge on any atom is -0.330 e. The van der Waals surface area contributed by atoms with Gasteiger partial charge in [0.15, 0.2) is 0 Å². The number of rotatable bonds is 3. The second-order valence-corrected chi connectivity index (χ2v) is 2.97. The fourth-order valence-corrected chi connectivity index (χ4v) is 1.24. The molecule has 12 heavy (non-hydrogen) atoms. The van der Waals surface area contributed by atoms with Gasteiger partial charge in [-0.15, -0.1) is 0 Å². The van der Waals surface area contributed by atoms with E-state index in [1.54, 1.807) is 7.05 Å². The van der Waals surface area contributed by atoms with Crippen molar-refractivity contribution in [1.29, 1.82) is 0 Å². The van der Waals surface area contributed by atoms with Crippen molar-refractivity contribution < 1.29 is 0 Å². The van der Waals surface area contributed by atoms with Crippen LogP contribution in [-0.4, -0.2) is 16.3 Å². The molecule has 0 aliphatic carbocycles. The highest BCUT2D eigenvalue weighted by atomic mass is 16.1. The van der Waals surface area contributed by atoms with Crippen molar-refractivity contribution in [3.63, 3.8) is 0 Å². The van der Waals surface area contributed by atoms with Crippen molar-refractivity contribution in [2.24, 2.45) is 12.8 Å². The van der Waals surface area contributed by atoms with E-state index < -0.39 is 0 Å². The molecule has 3 N–H and O–H groups in total. The minimum atomic E-state index is 0.0574. The smallest absolute Gasteiger partial charge is 0.269 e. The number of nitrogens with zero attached hydrogens (tertiary/aromatic N) is 1. The van der Waals surface area contributed by atoms with E-state index >= 15 is 0 Å². The zero-order valence-electron chi connectivity index (χ0n) is 7.55. The predicted molar refractivity (Wildman–Crippen MR) is 48.1 cm³/mol. The fourth-order valence-electron chi connectivity index (χ4n) is 1.24. The van der Waals surface area contributed by atoms with Crippen molar-refractivity contribution in [3.8, 4) is 0 Å². The summed E-state index contributed by atoms with van der Waals surface area (Å²) in [6.07, 6.45) is 1.78. The molecular formula is C8H15N3O. The second kappa shape index (κ2) is 3.58. The molecule has 1 aromatic rings. The van der Waals surface area contributed by atoms with Gasteiger partial charge in [-0.3, -0.25) is 14.6 Å². The molecule has 0 aliphatic heterocycles. The molecule has 1 rings (SSSR count). The SMILES string of the molecule is Cc1c(CCCN)[nH]n(C)c1=O. The van der Waals surface area contributed by atoms with E-state index in [9.17, 15) is 4.79 Å². The largest absolute Gasteiger partial charge is 0.330 e. The van der Waals surface area contributed by atoms with Crippen LogP contribution < -0.4 is 11.3 Å². The molecule has 0 amide bonds. The Morgan fingerprint density at radius 2 is 2.25 bits per heavy atom. The van der Waals surface area contributed by atoms with E-state index in [0.29, 0.717) is 6.54 Å². The van der Waals surface area contributed by atoms with Gasteiger partial charge in [0.05, 0.1) is 0 Å². The number of aryl methyl sites for hydroxylation is 2. The Morgan fingerprint density at radius 3 is 2.67 bits per heavy atom. The summed E-state index contributed by atoms with van der Waals surface area (Å²) >= 11 is 0. The first kappa shape index (κ1) is 9.06. The van der Waals surface area contributed by atoms with Gasteiger partial charge < -0.3 is 5.73 Å². The van der Waals surface area contributed by atoms with Crippen LogP contribution in [0, 0.1) is 6.92 Å². The molecule has 1 aromatic heterocycles. The molecule has 0 spiro atoms. The van der Waals surface area contributed by atoms with Gasteiger partial charge in [0.25, 0.3) is 5.56 Å². The number of H-pyrrole nitrogens is 1. The quantitative estimate of drug-likeness (QED) is 0.664. The van der Waals surface area contributed by atoms with Gasteiger partial charge in [-0.05, 0) is 26.3 Å². The summed E-state index contributed by atoms with van der Waals surface area (Å²) in [7, 11) is 1.72. The van der Waals surface area contributed by atoms with E-state index in [0.717, 1.165) is 24.1 Å². The Bertz CT molecular complexity index is 311. The summed E-state index contributed by atoms with van der Waals surface area (Å²) in [4.78, 5) is 11.3. The molecule has 0 unspecified atom stereocenters. The molecule has 1 heterocycles. The highest BCUT2D eigenvalue weighted by Crippen LogP contribution is 2.01. The van der Waals surface area contributed by atoms with Crippen molar-refractivity contribution in [2.45, 2.75) is 19.8 Å². The molecular weight excluding hydrogens is 154 g/mol. The first-order valence-electron chi connectivity index (χ1n) is 4.11. The van der Waals surface area contributed by atoms with Crippen molar-refractivity contribution in [3.05, 3.63) is 21.6 Å². The molecule has 68 valence electrons. The third-order valence-electron chi connectivity index (χ3n) is 2.01. The normalized spacial score (nSPS) is 10.6. The van der Waals surface area contributed by atoms with Gasteiger partial charge in [0, 0.05) is 18.3 Å². The van der Waals surface area contributed by atoms with Gasteiger partial charge in [0.2, 0.25) is 0 Å². The molecule has 0 atom stereocenters. The first-order valence-corrected chi connectivity index (χ1v) is 4.11. The Kier molecular flexibility index (Phi) is 2.70. The Morgan fingerprint density at radius 1 is 1.58 bits per heavy atom. The number of aromatic amines is 1. The lowest BCUT2D eigenvalue weighted by Crippen LogP contribution is -2.12. The van der Waals surface area contributed by atoms with Crippen molar-refractivity contribution >= 4 is 0 Å². The Balaban J connectivity index is 2.86. The fraction of sp³-hybridized carbons (Fsp3) is 0.625.